The fourth-order valence-corrected chi connectivity index (χ4v) is 2.11. The number of pyridine rings is 1. The smallest absolute Gasteiger partial charge is 0.330 e. The number of carbonyl (C=O) groups is 1. The third-order valence-electron chi connectivity index (χ3n) is 2.66. The largest absolute Gasteiger partial charge is 0.467 e. The summed E-state index contributed by atoms with van der Waals surface area (Å²) in [6.07, 6.45) is 1.49. The first-order chi connectivity index (χ1) is 8.63. The Balaban J connectivity index is 2.30. The van der Waals surface area contributed by atoms with Crippen LogP contribution < -0.4 is 4.90 Å². The molecule has 0 N–H and O–H groups in total. The van der Waals surface area contributed by atoms with Gasteiger partial charge in [-0.05, 0) is 22.0 Å². The molecule has 0 aromatic carbocycles. The van der Waals surface area contributed by atoms with Crippen LogP contribution in [0.5, 0.6) is 0 Å². The van der Waals surface area contributed by atoms with Crippen molar-refractivity contribution in [2.45, 2.75) is 6.04 Å². The lowest BCUT2D eigenvalue weighted by Crippen LogP contribution is -2.51. The van der Waals surface area contributed by atoms with Crippen LogP contribution in [0.1, 0.15) is 0 Å². The minimum absolute atomic E-state index is 0.136. The molecule has 0 bridgehead atoms. The first-order valence-corrected chi connectivity index (χ1v) is 6.16. The lowest BCUT2D eigenvalue weighted by Gasteiger charge is -2.34. The second-order valence-corrected chi connectivity index (χ2v) is 4.68. The molecule has 1 aliphatic rings. The minimum Gasteiger partial charge on any atom is -0.467 e. The van der Waals surface area contributed by atoms with E-state index in [9.17, 15) is 9.18 Å². The number of rotatable bonds is 2. The van der Waals surface area contributed by atoms with Gasteiger partial charge in [0.2, 0.25) is 0 Å². The molecule has 0 spiro atoms. The van der Waals surface area contributed by atoms with Gasteiger partial charge in [0.25, 0.3) is 0 Å². The maximum atomic E-state index is 13.8. The number of nitrogens with zero attached hydrogens (tertiary/aromatic N) is 2. The van der Waals surface area contributed by atoms with Gasteiger partial charge in [-0.15, -0.1) is 0 Å². The summed E-state index contributed by atoms with van der Waals surface area (Å²) in [5.74, 6) is -0.809. The molecule has 0 radical (unpaired) electrons. The highest BCUT2D eigenvalue weighted by atomic mass is 79.9. The Kier molecular flexibility index (Phi) is 4.13. The molecule has 1 aromatic heterocycles. The number of ether oxygens (including phenoxy) is 2. The van der Waals surface area contributed by atoms with E-state index in [2.05, 4.69) is 25.7 Å². The first-order valence-electron chi connectivity index (χ1n) is 5.36. The molecule has 0 saturated carbocycles. The maximum absolute atomic E-state index is 13.8. The summed E-state index contributed by atoms with van der Waals surface area (Å²) in [5, 5.41) is 0. The lowest BCUT2D eigenvalue weighted by molar-refractivity contribution is -0.144. The Morgan fingerprint density at radius 3 is 3.17 bits per heavy atom. The number of morpholine rings is 1. The van der Waals surface area contributed by atoms with Gasteiger partial charge in [-0.1, -0.05) is 0 Å². The van der Waals surface area contributed by atoms with E-state index in [0.29, 0.717) is 17.6 Å². The predicted octanol–water partition coefficient (Wildman–Crippen LogP) is 1.36. The summed E-state index contributed by atoms with van der Waals surface area (Å²) in [6, 6.07) is 0.651. The van der Waals surface area contributed by atoms with Crippen molar-refractivity contribution in [1.29, 1.82) is 0 Å². The van der Waals surface area contributed by atoms with Crippen LogP contribution >= 0.6 is 15.9 Å². The third-order valence-corrected chi connectivity index (χ3v) is 3.10. The normalized spacial score (nSPS) is 19.7. The Bertz CT molecular complexity index is 458. The minimum atomic E-state index is -0.660. The van der Waals surface area contributed by atoms with Gasteiger partial charge in [0.05, 0.1) is 20.3 Å². The van der Waals surface area contributed by atoms with Gasteiger partial charge in [-0.3, -0.25) is 0 Å². The van der Waals surface area contributed by atoms with Crippen LogP contribution in [0, 0.1) is 5.82 Å². The van der Waals surface area contributed by atoms with E-state index < -0.39 is 17.8 Å². The number of carbonyl (C=O) groups excluding carboxylic acids is 1. The topological polar surface area (TPSA) is 51.7 Å². The van der Waals surface area contributed by atoms with Crippen molar-refractivity contribution in [3.63, 3.8) is 0 Å². The summed E-state index contributed by atoms with van der Waals surface area (Å²) in [6.45, 7) is 0.986. The molecule has 1 fully saturated rings. The Morgan fingerprint density at radius 2 is 2.50 bits per heavy atom. The zero-order valence-corrected chi connectivity index (χ0v) is 11.3. The average Bonchev–Trinajstić information content (AvgIpc) is 2.38. The molecule has 1 unspecified atom stereocenters. The van der Waals surface area contributed by atoms with Gasteiger partial charge >= 0.3 is 5.97 Å². The molecule has 2 rings (SSSR count). The summed E-state index contributed by atoms with van der Waals surface area (Å²) in [7, 11) is 1.29. The van der Waals surface area contributed by atoms with Crippen LogP contribution in [0.4, 0.5) is 10.2 Å². The van der Waals surface area contributed by atoms with E-state index in [1.807, 2.05) is 0 Å². The predicted molar refractivity (Wildman–Crippen MR) is 65.9 cm³/mol. The van der Waals surface area contributed by atoms with E-state index in [1.54, 1.807) is 4.90 Å². The first kappa shape index (κ1) is 13.2. The van der Waals surface area contributed by atoms with E-state index in [1.165, 1.54) is 19.4 Å². The SMILES string of the molecule is COC(=O)C1COCCN1c1ncc(Br)cc1F. The molecule has 1 saturated heterocycles. The quantitative estimate of drug-likeness (QED) is 0.771. The molecule has 0 amide bonds. The summed E-state index contributed by atoms with van der Waals surface area (Å²) >= 11 is 3.14. The van der Waals surface area contributed by atoms with Crippen LogP contribution in [0.3, 0.4) is 0 Å². The van der Waals surface area contributed by atoms with Gasteiger partial charge in [0.15, 0.2) is 17.7 Å². The Hall–Kier alpha value is -1.21. The standard InChI is InChI=1S/C11H12BrFN2O3/c1-17-11(16)9-6-18-3-2-15(9)10-8(13)4-7(12)5-14-10/h4-5,9H,2-3,6H2,1H3. The number of anilines is 1. The van der Waals surface area contributed by atoms with Gasteiger partial charge in [0, 0.05) is 17.2 Å². The zero-order chi connectivity index (χ0) is 13.1. The second-order valence-electron chi connectivity index (χ2n) is 3.77. The number of aromatic nitrogens is 1. The van der Waals surface area contributed by atoms with Crippen molar-refractivity contribution in [3.8, 4) is 0 Å². The van der Waals surface area contributed by atoms with Crippen molar-refractivity contribution in [3.05, 3.63) is 22.6 Å². The highest BCUT2D eigenvalue weighted by Gasteiger charge is 2.32. The number of hydrogen-bond acceptors (Lipinski definition) is 5. The molecular formula is C11H12BrFN2O3. The third kappa shape index (κ3) is 2.62. The molecule has 1 atom stereocenters. The van der Waals surface area contributed by atoms with E-state index in [0.717, 1.165) is 0 Å². The fourth-order valence-electron chi connectivity index (χ4n) is 1.81. The fraction of sp³-hybridized carbons (Fsp3) is 0.455. The van der Waals surface area contributed by atoms with Crippen molar-refractivity contribution < 1.29 is 18.7 Å². The molecule has 5 nitrogen and oxygen atoms in total. The van der Waals surface area contributed by atoms with E-state index >= 15 is 0 Å². The van der Waals surface area contributed by atoms with Crippen LogP contribution in [0.2, 0.25) is 0 Å². The zero-order valence-electron chi connectivity index (χ0n) is 9.73. The van der Waals surface area contributed by atoms with Crippen LogP contribution in [-0.2, 0) is 14.3 Å². The molecule has 1 aromatic rings. The Labute approximate surface area is 112 Å². The number of esters is 1. The van der Waals surface area contributed by atoms with Gasteiger partial charge in [-0.25, -0.2) is 14.2 Å². The molecule has 2 heterocycles. The highest BCUT2D eigenvalue weighted by Crippen LogP contribution is 2.23. The molecule has 18 heavy (non-hydrogen) atoms. The van der Waals surface area contributed by atoms with Crippen LogP contribution in [0.15, 0.2) is 16.7 Å². The molecular weight excluding hydrogens is 307 g/mol. The highest BCUT2D eigenvalue weighted by molar-refractivity contribution is 9.10. The monoisotopic (exact) mass is 318 g/mol. The van der Waals surface area contributed by atoms with Crippen molar-refractivity contribution in [2.24, 2.45) is 0 Å². The van der Waals surface area contributed by atoms with Crippen molar-refractivity contribution in [2.75, 3.05) is 31.8 Å². The summed E-state index contributed by atoms with van der Waals surface area (Å²) in [5.41, 5.74) is 0. The number of hydrogen-bond donors (Lipinski definition) is 0. The second kappa shape index (κ2) is 5.62. The van der Waals surface area contributed by atoms with Gasteiger partial charge in [-0.2, -0.15) is 0 Å². The van der Waals surface area contributed by atoms with Gasteiger partial charge < -0.3 is 14.4 Å². The average molecular weight is 319 g/mol. The number of methoxy groups -OCH3 is 1. The lowest BCUT2D eigenvalue weighted by atomic mass is 10.2. The van der Waals surface area contributed by atoms with Gasteiger partial charge in [0.1, 0.15) is 0 Å². The van der Waals surface area contributed by atoms with Crippen LogP contribution in [-0.4, -0.2) is 43.9 Å². The van der Waals surface area contributed by atoms with Crippen molar-refractivity contribution in [1.82, 2.24) is 4.98 Å². The molecule has 1 aliphatic heterocycles. The van der Waals surface area contributed by atoms with E-state index in [-0.39, 0.29) is 12.4 Å². The summed E-state index contributed by atoms with van der Waals surface area (Å²) in [4.78, 5) is 17.2. The van der Waals surface area contributed by atoms with E-state index in [4.69, 9.17) is 4.74 Å². The maximum Gasteiger partial charge on any atom is 0.330 e. The van der Waals surface area contributed by atoms with Crippen molar-refractivity contribution >= 4 is 27.7 Å². The molecule has 98 valence electrons. The Morgan fingerprint density at radius 1 is 1.72 bits per heavy atom. The number of halogens is 2. The van der Waals surface area contributed by atoms with Crippen LogP contribution in [0.25, 0.3) is 0 Å². The molecule has 0 aliphatic carbocycles. The molecule has 7 heteroatoms. The summed E-state index contributed by atoms with van der Waals surface area (Å²) < 4.78 is 24.3.